The normalized spacial score (nSPS) is 26.8. The molecule has 2 atom stereocenters. The number of halogens is 1. The maximum Gasteiger partial charge on any atom is 0.126 e. The van der Waals surface area contributed by atoms with E-state index >= 15 is 0 Å². The van der Waals surface area contributed by atoms with Crippen molar-refractivity contribution in [2.45, 2.75) is 44.8 Å². The first-order valence-corrected chi connectivity index (χ1v) is 6.11. The predicted molar refractivity (Wildman–Crippen MR) is 64.3 cm³/mol. The summed E-state index contributed by atoms with van der Waals surface area (Å²) in [6.07, 6.45) is 2.12. The lowest BCUT2D eigenvalue weighted by molar-refractivity contribution is -0.138. The molecule has 1 aromatic rings. The molecular weight excluding hydrogens is 219 g/mol. The zero-order valence-electron chi connectivity index (χ0n) is 10.4. The minimum absolute atomic E-state index is 0.277. The molecular formula is C14H19FO2. The van der Waals surface area contributed by atoms with Crippen molar-refractivity contribution in [3.05, 3.63) is 35.1 Å². The van der Waals surface area contributed by atoms with Crippen molar-refractivity contribution in [1.82, 2.24) is 0 Å². The van der Waals surface area contributed by atoms with Crippen LogP contribution in [0, 0.1) is 12.7 Å². The Kier molecular flexibility index (Phi) is 3.50. The summed E-state index contributed by atoms with van der Waals surface area (Å²) in [5.74, 6) is -0.277. The van der Waals surface area contributed by atoms with Crippen molar-refractivity contribution in [2.75, 3.05) is 6.61 Å². The highest BCUT2D eigenvalue weighted by Gasteiger charge is 2.36. The van der Waals surface area contributed by atoms with Crippen molar-refractivity contribution in [2.24, 2.45) is 0 Å². The predicted octanol–water partition coefficient (Wildman–Crippen LogP) is 3.13. The van der Waals surface area contributed by atoms with Gasteiger partial charge in [-0.15, -0.1) is 0 Å². The Balaban J connectivity index is 2.23. The number of ether oxygens (including phenoxy) is 1. The SMILES string of the molecule is Cc1ccc(C(O)C2(C)CCCCO2)cc1F. The van der Waals surface area contributed by atoms with E-state index in [0.29, 0.717) is 17.7 Å². The van der Waals surface area contributed by atoms with Gasteiger partial charge >= 0.3 is 0 Å². The molecule has 2 nitrogen and oxygen atoms in total. The minimum Gasteiger partial charge on any atom is -0.385 e. The molecule has 0 aromatic heterocycles. The second kappa shape index (κ2) is 4.75. The van der Waals surface area contributed by atoms with Crippen LogP contribution in [0.3, 0.4) is 0 Å². The zero-order valence-corrected chi connectivity index (χ0v) is 10.4. The van der Waals surface area contributed by atoms with Crippen LogP contribution in [0.2, 0.25) is 0 Å². The fraction of sp³-hybridized carbons (Fsp3) is 0.571. The number of hydrogen-bond acceptors (Lipinski definition) is 2. The van der Waals surface area contributed by atoms with E-state index in [1.807, 2.05) is 6.92 Å². The Bertz CT molecular complexity index is 397. The molecule has 3 heteroatoms. The van der Waals surface area contributed by atoms with Gasteiger partial charge in [0.1, 0.15) is 11.9 Å². The van der Waals surface area contributed by atoms with Crippen LogP contribution < -0.4 is 0 Å². The third kappa shape index (κ3) is 2.50. The van der Waals surface area contributed by atoms with Crippen LogP contribution in [0.5, 0.6) is 0 Å². The number of aryl methyl sites for hydroxylation is 1. The van der Waals surface area contributed by atoms with Crippen LogP contribution in [-0.2, 0) is 4.74 Å². The lowest BCUT2D eigenvalue weighted by Gasteiger charge is -2.38. The van der Waals surface area contributed by atoms with E-state index in [4.69, 9.17) is 4.74 Å². The molecule has 1 N–H and O–H groups in total. The Morgan fingerprint density at radius 2 is 2.18 bits per heavy atom. The molecule has 0 saturated carbocycles. The van der Waals surface area contributed by atoms with Gasteiger partial charge in [-0.2, -0.15) is 0 Å². The first kappa shape index (κ1) is 12.5. The van der Waals surface area contributed by atoms with Gasteiger partial charge < -0.3 is 9.84 Å². The standard InChI is InChI=1S/C14H19FO2/c1-10-5-6-11(9-12(10)15)13(16)14(2)7-3-4-8-17-14/h5-6,9,13,16H,3-4,7-8H2,1-2H3. The second-order valence-electron chi connectivity index (χ2n) is 5.03. The van der Waals surface area contributed by atoms with E-state index in [9.17, 15) is 9.50 Å². The van der Waals surface area contributed by atoms with Crippen LogP contribution >= 0.6 is 0 Å². The molecule has 0 spiro atoms. The smallest absolute Gasteiger partial charge is 0.126 e. The third-order valence-electron chi connectivity index (χ3n) is 3.59. The topological polar surface area (TPSA) is 29.5 Å². The summed E-state index contributed by atoms with van der Waals surface area (Å²) in [5, 5.41) is 10.3. The number of rotatable bonds is 2. The monoisotopic (exact) mass is 238 g/mol. The van der Waals surface area contributed by atoms with E-state index in [-0.39, 0.29) is 5.82 Å². The molecule has 1 aliphatic heterocycles. The molecule has 0 radical (unpaired) electrons. The van der Waals surface area contributed by atoms with E-state index in [0.717, 1.165) is 19.3 Å². The van der Waals surface area contributed by atoms with Crippen molar-refractivity contribution < 1.29 is 14.2 Å². The fourth-order valence-electron chi connectivity index (χ4n) is 2.30. The van der Waals surface area contributed by atoms with E-state index in [1.54, 1.807) is 19.1 Å². The zero-order chi connectivity index (χ0) is 12.5. The Labute approximate surface area is 101 Å². The van der Waals surface area contributed by atoms with E-state index < -0.39 is 11.7 Å². The lowest BCUT2D eigenvalue weighted by atomic mass is 9.86. The van der Waals surface area contributed by atoms with Crippen LogP contribution in [0.4, 0.5) is 4.39 Å². The molecule has 0 amide bonds. The van der Waals surface area contributed by atoms with Gasteiger partial charge in [0.15, 0.2) is 0 Å². The summed E-state index contributed by atoms with van der Waals surface area (Å²) in [6.45, 7) is 4.28. The van der Waals surface area contributed by atoms with Gasteiger partial charge in [0.2, 0.25) is 0 Å². The molecule has 1 fully saturated rings. The van der Waals surface area contributed by atoms with Crippen LogP contribution in [0.15, 0.2) is 18.2 Å². The highest BCUT2D eigenvalue weighted by Crippen LogP contribution is 2.36. The molecule has 1 aliphatic rings. The van der Waals surface area contributed by atoms with Crippen molar-refractivity contribution in [1.29, 1.82) is 0 Å². The molecule has 94 valence electrons. The molecule has 2 unspecified atom stereocenters. The van der Waals surface area contributed by atoms with Crippen LogP contribution in [0.1, 0.15) is 43.4 Å². The van der Waals surface area contributed by atoms with Crippen molar-refractivity contribution >= 4 is 0 Å². The Hall–Kier alpha value is -0.930. The number of hydrogen-bond donors (Lipinski definition) is 1. The maximum atomic E-state index is 13.5. The Morgan fingerprint density at radius 1 is 1.41 bits per heavy atom. The average molecular weight is 238 g/mol. The lowest BCUT2D eigenvalue weighted by Crippen LogP contribution is -2.39. The molecule has 1 saturated heterocycles. The van der Waals surface area contributed by atoms with Crippen molar-refractivity contribution in [3.63, 3.8) is 0 Å². The van der Waals surface area contributed by atoms with Gasteiger partial charge in [0.05, 0.1) is 5.60 Å². The molecule has 17 heavy (non-hydrogen) atoms. The van der Waals surface area contributed by atoms with Crippen LogP contribution in [0.25, 0.3) is 0 Å². The number of aliphatic hydroxyl groups is 1. The quantitative estimate of drug-likeness (QED) is 0.857. The molecule has 1 heterocycles. The Morgan fingerprint density at radius 3 is 2.76 bits per heavy atom. The molecule has 2 rings (SSSR count). The highest BCUT2D eigenvalue weighted by atomic mass is 19.1. The van der Waals surface area contributed by atoms with Gasteiger partial charge in [-0.3, -0.25) is 0 Å². The molecule has 0 aliphatic carbocycles. The van der Waals surface area contributed by atoms with Gasteiger partial charge in [0.25, 0.3) is 0 Å². The second-order valence-corrected chi connectivity index (χ2v) is 5.03. The summed E-state index contributed by atoms with van der Waals surface area (Å²) >= 11 is 0. The van der Waals surface area contributed by atoms with Gasteiger partial charge in [0, 0.05) is 6.61 Å². The molecule has 0 bridgehead atoms. The average Bonchev–Trinajstić information content (AvgIpc) is 2.33. The summed E-state index contributed by atoms with van der Waals surface area (Å²) in [7, 11) is 0. The number of benzene rings is 1. The van der Waals surface area contributed by atoms with Gasteiger partial charge in [-0.05, 0) is 50.3 Å². The minimum atomic E-state index is -0.766. The number of aliphatic hydroxyl groups excluding tert-OH is 1. The summed E-state index contributed by atoms with van der Waals surface area (Å²) in [5.41, 5.74) is 0.605. The van der Waals surface area contributed by atoms with E-state index in [2.05, 4.69) is 0 Å². The first-order chi connectivity index (χ1) is 8.03. The van der Waals surface area contributed by atoms with Crippen molar-refractivity contribution in [3.8, 4) is 0 Å². The summed E-state index contributed by atoms with van der Waals surface area (Å²) in [4.78, 5) is 0. The van der Waals surface area contributed by atoms with Gasteiger partial charge in [-0.25, -0.2) is 4.39 Å². The highest BCUT2D eigenvalue weighted by molar-refractivity contribution is 5.26. The maximum absolute atomic E-state index is 13.5. The first-order valence-electron chi connectivity index (χ1n) is 6.11. The molecule has 1 aromatic carbocycles. The van der Waals surface area contributed by atoms with Crippen LogP contribution in [-0.4, -0.2) is 17.3 Å². The summed E-state index contributed by atoms with van der Waals surface area (Å²) < 4.78 is 19.2. The largest absolute Gasteiger partial charge is 0.385 e. The summed E-state index contributed by atoms with van der Waals surface area (Å²) in [6, 6.07) is 4.87. The third-order valence-corrected chi connectivity index (χ3v) is 3.59. The van der Waals surface area contributed by atoms with Gasteiger partial charge in [-0.1, -0.05) is 12.1 Å². The van der Waals surface area contributed by atoms with E-state index in [1.165, 1.54) is 6.07 Å². The fourth-order valence-corrected chi connectivity index (χ4v) is 2.30.